The van der Waals surface area contributed by atoms with Gasteiger partial charge >= 0.3 is 6.03 Å². The molecular weight excluding hydrogens is 540 g/mol. The highest BCUT2D eigenvalue weighted by molar-refractivity contribution is 6.01. The fraction of sp³-hybridized carbons (Fsp3) is 0.400. The van der Waals surface area contributed by atoms with Gasteiger partial charge in [0.1, 0.15) is 11.5 Å². The summed E-state index contributed by atoms with van der Waals surface area (Å²) < 4.78 is 6.43. The van der Waals surface area contributed by atoms with Gasteiger partial charge in [-0.25, -0.2) is 4.79 Å². The SMILES string of the molecule is CCCC(Oc1ccc(C(C)(C)CC)cc1C(C)(C)CC)C(=O)Nc1ccc(NC(=O)Nc2ccc(C#N)cc2)c(O)c1. The van der Waals surface area contributed by atoms with Crippen molar-refractivity contribution in [2.45, 2.75) is 91.1 Å². The predicted molar refractivity (Wildman–Crippen MR) is 173 cm³/mol. The zero-order chi connectivity index (χ0) is 31.8. The highest BCUT2D eigenvalue weighted by atomic mass is 16.5. The molecule has 8 nitrogen and oxygen atoms in total. The standard InChI is InChI=1S/C35H44N4O4/c1-8-11-31(43-30-19-14-24(34(4,5)9-2)20-27(30)35(6,7)10-3)32(41)37-26-17-18-28(29(40)21-26)39-33(42)38-25-15-12-23(22-36)13-16-25/h12-21,31,40H,8-11H2,1-7H3,(H,37,41)(H2,38,39,42). The third kappa shape index (κ3) is 8.51. The zero-order valence-corrected chi connectivity index (χ0v) is 26.3. The van der Waals surface area contributed by atoms with Crippen molar-refractivity contribution in [2.75, 3.05) is 16.0 Å². The van der Waals surface area contributed by atoms with E-state index in [-0.39, 0.29) is 28.2 Å². The monoisotopic (exact) mass is 584 g/mol. The Bertz CT molecular complexity index is 1470. The molecule has 8 heteroatoms. The van der Waals surface area contributed by atoms with E-state index in [1.54, 1.807) is 30.3 Å². The number of amides is 3. The summed E-state index contributed by atoms with van der Waals surface area (Å²) in [6.45, 7) is 15.2. The molecule has 4 N–H and O–H groups in total. The molecule has 1 unspecified atom stereocenters. The van der Waals surface area contributed by atoms with Crippen LogP contribution in [0.3, 0.4) is 0 Å². The van der Waals surface area contributed by atoms with Gasteiger partial charge in [-0.15, -0.1) is 0 Å². The van der Waals surface area contributed by atoms with Crippen LogP contribution in [0.4, 0.5) is 21.9 Å². The number of phenolic OH excluding ortho intramolecular Hbond substituents is 1. The number of phenols is 1. The molecule has 0 aromatic heterocycles. The molecule has 0 aliphatic rings. The van der Waals surface area contributed by atoms with Crippen molar-refractivity contribution in [3.8, 4) is 17.6 Å². The average molecular weight is 585 g/mol. The second-order valence-electron chi connectivity index (χ2n) is 12.1. The molecule has 0 saturated heterocycles. The van der Waals surface area contributed by atoms with Crippen molar-refractivity contribution in [3.05, 3.63) is 77.4 Å². The number of aromatic hydroxyl groups is 1. The molecule has 3 aromatic carbocycles. The average Bonchev–Trinajstić information content (AvgIpc) is 2.98. The molecule has 0 radical (unpaired) electrons. The molecule has 3 rings (SSSR count). The minimum absolute atomic E-state index is 0.0185. The number of benzene rings is 3. The van der Waals surface area contributed by atoms with Crippen LogP contribution < -0.4 is 20.7 Å². The number of anilines is 3. The van der Waals surface area contributed by atoms with E-state index in [4.69, 9.17) is 10.00 Å². The summed E-state index contributed by atoms with van der Waals surface area (Å²) in [7, 11) is 0. The van der Waals surface area contributed by atoms with Crippen molar-refractivity contribution in [3.63, 3.8) is 0 Å². The number of hydrogen-bond donors (Lipinski definition) is 4. The van der Waals surface area contributed by atoms with Crippen molar-refractivity contribution < 1.29 is 19.4 Å². The molecule has 43 heavy (non-hydrogen) atoms. The number of carbonyl (C=O) groups is 2. The lowest BCUT2D eigenvalue weighted by Crippen LogP contribution is -2.34. The van der Waals surface area contributed by atoms with E-state index in [1.165, 1.54) is 17.7 Å². The summed E-state index contributed by atoms with van der Waals surface area (Å²) in [6, 6.07) is 18.7. The quantitative estimate of drug-likeness (QED) is 0.159. The van der Waals surface area contributed by atoms with Gasteiger partial charge in [0.25, 0.3) is 5.91 Å². The maximum Gasteiger partial charge on any atom is 0.323 e. The van der Waals surface area contributed by atoms with Gasteiger partial charge in [-0.1, -0.05) is 67.0 Å². The summed E-state index contributed by atoms with van der Waals surface area (Å²) in [6.07, 6.45) is 2.44. The van der Waals surface area contributed by atoms with Crippen molar-refractivity contribution in [1.29, 1.82) is 5.26 Å². The number of nitriles is 1. The minimum atomic E-state index is -0.736. The summed E-state index contributed by atoms with van der Waals surface area (Å²) in [5, 5.41) is 27.6. The molecule has 228 valence electrons. The number of ether oxygens (including phenoxy) is 1. The van der Waals surface area contributed by atoms with Crippen molar-refractivity contribution >= 4 is 29.0 Å². The van der Waals surface area contributed by atoms with E-state index >= 15 is 0 Å². The lowest BCUT2D eigenvalue weighted by Gasteiger charge is -2.31. The van der Waals surface area contributed by atoms with Gasteiger partial charge in [-0.3, -0.25) is 4.79 Å². The second kappa shape index (κ2) is 14.1. The lowest BCUT2D eigenvalue weighted by atomic mass is 9.76. The highest BCUT2D eigenvalue weighted by Gasteiger charge is 2.29. The Morgan fingerprint density at radius 2 is 1.51 bits per heavy atom. The number of nitrogens with zero attached hydrogens (tertiary/aromatic N) is 1. The molecule has 0 aliphatic heterocycles. The normalized spacial score (nSPS) is 12.1. The largest absolute Gasteiger partial charge is 0.506 e. The Kier molecular flexibility index (Phi) is 10.8. The van der Waals surface area contributed by atoms with Gasteiger partial charge in [-0.05, 0) is 78.1 Å². The first-order chi connectivity index (χ1) is 20.3. The summed E-state index contributed by atoms with van der Waals surface area (Å²) >= 11 is 0. The van der Waals surface area contributed by atoms with Gasteiger partial charge in [-0.2, -0.15) is 5.26 Å². The minimum Gasteiger partial charge on any atom is -0.506 e. The molecule has 0 fully saturated rings. The summed E-state index contributed by atoms with van der Waals surface area (Å²) in [4.78, 5) is 25.8. The van der Waals surface area contributed by atoms with E-state index < -0.39 is 12.1 Å². The van der Waals surface area contributed by atoms with Crippen LogP contribution in [0.1, 0.15) is 90.8 Å². The molecule has 0 aliphatic carbocycles. The van der Waals surface area contributed by atoms with Crippen LogP contribution in [0.15, 0.2) is 60.7 Å². The zero-order valence-electron chi connectivity index (χ0n) is 26.3. The Morgan fingerprint density at radius 1 is 0.860 bits per heavy atom. The van der Waals surface area contributed by atoms with Crippen LogP contribution in [-0.4, -0.2) is 23.1 Å². The van der Waals surface area contributed by atoms with Gasteiger partial charge in [0, 0.05) is 23.0 Å². The predicted octanol–water partition coefficient (Wildman–Crippen LogP) is 8.47. The molecule has 0 saturated carbocycles. The Labute approximate surface area is 255 Å². The molecule has 0 spiro atoms. The maximum atomic E-state index is 13.4. The molecule has 1 atom stereocenters. The van der Waals surface area contributed by atoms with E-state index in [2.05, 4.69) is 69.6 Å². The molecule has 3 amide bonds. The van der Waals surface area contributed by atoms with Crippen molar-refractivity contribution in [2.24, 2.45) is 0 Å². The van der Waals surface area contributed by atoms with Crippen molar-refractivity contribution in [1.82, 2.24) is 0 Å². The third-order valence-corrected chi connectivity index (χ3v) is 8.16. The van der Waals surface area contributed by atoms with Crippen LogP contribution in [0.5, 0.6) is 11.5 Å². The maximum absolute atomic E-state index is 13.4. The van der Waals surface area contributed by atoms with Gasteiger partial charge in [0.05, 0.1) is 17.3 Å². The Balaban J connectivity index is 1.75. The lowest BCUT2D eigenvalue weighted by molar-refractivity contribution is -0.123. The fourth-order valence-corrected chi connectivity index (χ4v) is 4.49. The number of hydrogen-bond acceptors (Lipinski definition) is 5. The summed E-state index contributed by atoms with van der Waals surface area (Å²) in [5.74, 6) is 0.173. The first-order valence-corrected chi connectivity index (χ1v) is 14.9. The van der Waals surface area contributed by atoms with E-state index in [0.717, 1.165) is 24.8 Å². The number of urea groups is 1. The molecule has 0 heterocycles. The van der Waals surface area contributed by atoms with Crippen LogP contribution in [-0.2, 0) is 15.6 Å². The van der Waals surface area contributed by atoms with Gasteiger partial charge in [0.2, 0.25) is 0 Å². The van der Waals surface area contributed by atoms with E-state index in [1.807, 2.05) is 19.1 Å². The molecule has 3 aromatic rings. The Morgan fingerprint density at radius 3 is 2.09 bits per heavy atom. The van der Waals surface area contributed by atoms with Crippen LogP contribution >= 0.6 is 0 Å². The van der Waals surface area contributed by atoms with Gasteiger partial charge in [0.15, 0.2) is 6.10 Å². The van der Waals surface area contributed by atoms with Crippen LogP contribution in [0, 0.1) is 11.3 Å². The molecular formula is C35H44N4O4. The van der Waals surface area contributed by atoms with E-state index in [0.29, 0.717) is 29.1 Å². The fourth-order valence-electron chi connectivity index (χ4n) is 4.49. The summed E-state index contributed by atoms with van der Waals surface area (Å²) in [5.41, 5.74) is 3.71. The Hall–Kier alpha value is -4.51. The van der Waals surface area contributed by atoms with Gasteiger partial charge < -0.3 is 25.8 Å². The number of rotatable bonds is 12. The number of carbonyl (C=O) groups excluding carboxylic acids is 2. The van der Waals surface area contributed by atoms with E-state index in [9.17, 15) is 14.7 Å². The number of nitrogens with one attached hydrogen (secondary N) is 3. The second-order valence-corrected chi connectivity index (χ2v) is 12.1. The van der Waals surface area contributed by atoms with Crippen LogP contribution in [0.2, 0.25) is 0 Å². The first-order valence-electron chi connectivity index (χ1n) is 14.9. The molecule has 0 bridgehead atoms. The first kappa shape index (κ1) is 33.0. The topological polar surface area (TPSA) is 123 Å². The highest BCUT2D eigenvalue weighted by Crippen LogP contribution is 2.39. The smallest absolute Gasteiger partial charge is 0.323 e. The van der Waals surface area contributed by atoms with Crippen LogP contribution in [0.25, 0.3) is 0 Å². The third-order valence-electron chi connectivity index (χ3n) is 8.16.